The van der Waals surface area contributed by atoms with Crippen LogP contribution in [0.2, 0.25) is 0 Å². The molecule has 0 aliphatic heterocycles. The van der Waals surface area contributed by atoms with Crippen LogP contribution in [-0.2, 0) is 14.4 Å². The summed E-state index contributed by atoms with van der Waals surface area (Å²) in [5.41, 5.74) is 4.33. The largest absolute Gasteiger partial charge is 0.393 e. The molecule has 8 heteroatoms. The molecule has 3 rings (SSSR count). The van der Waals surface area contributed by atoms with Gasteiger partial charge in [-0.2, -0.15) is 0 Å². The molecule has 7 nitrogen and oxygen atoms in total. The second kappa shape index (κ2) is 10.4. The fourth-order valence-electron chi connectivity index (χ4n) is 4.65. The number of aliphatic hydroxyl groups excluding tert-OH is 1. The topological polar surface area (TPSA) is 108 Å². The van der Waals surface area contributed by atoms with E-state index in [9.17, 15) is 19.5 Å². The van der Waals surface area contributed by atoms with Crippen molar-refractivity contribution in [2.75, 3.05) is 0 Å². The summed E-state index contributed by atoms with van der Waals surface area (Å²) in [4.78, 5) is 43.8. The van der Waals surface area contributed by atoms with Gasteiger partial charge in [0.15, 0.2) is 5.78 Å². The van der Waals surface area contributed by atoms with Gasteiger partial charge < -0.3 is 15.7 Å². The van der Waals surface area contributed by atoms with E-state index >= 15 is 0 Å². The first-order valence-electron chi connectivity index (χ1n) is 11.7. The third-order valence-corrected chi connectivity index (χ3v) is 7.49. The summed E-state index contributed by atoms with van der Waals surface area (Å²) >= 11 is 1.59. The van der Waals surface area contributed by atoms with Crippen LogP contribution in [-0.4, -0.2) is 39.8 Å². The lowest BCUT2D eigenvalue weighted by molar-refractivity contribution is -0.137. The lowest BCUT2D eigenvalue weighted by Crippen LogP contribution is -2.52. The third-order valence-electron chi connectivity index (χ3n) is 6.52. The summed E-state index contributed by atoms with van der Waals surface area (Å²) in [7, 11) is 0. The molecule has 0 saturated heterocycles. The zero-order chi connectivity index (χ0) is 25.2. The highest BCUT2D eigenvalue weighted by molar-refractivity contribution is 7.13. The first-order valence-corrected chi connectivity index (χ1v) is 12.6. The molecule has 5 atom stereocenters. The van der Waals surface area contributed by atoms with Crippen molar-refractivity contribution in [2.45, 2.75) is 72.6 Å². The van der Waals surface area contributed by atoms with Gasteiger partial charge in [-0.3, -0.25) is 14.4 Å². The molecule has 0 bridgehead atoms. The molecular weight excluding hydrogens is 450 g/mol. The van der Waals surface area contributed by atoms with E-state index in [1.807, 2.05) is 64.4 Å². The maximum absolute atomic E-state index is 13.4. The molecule has 1 aliphatic carbocycles. The maximum Gasteiger partial charge on any atom is 0.224 e. The first kappa shape index (κ1) is 26.0. The second-order valence-electron chi connectivity index (χ2n) is 10.4. The Morgan fingerprint density at radius 2 is 1.71 bits per heavy atom. The Balaban J connectivity index is 1.72. The van der Waals surface area contributed by atoms with Gasteiger partial charge in [-0.25, -0.2) is 4.98 Å². The molecular formula is C26H35N3O4S. The van der Waals surface area contributed by atoms with Crippen molar-refractivity contribution in [2.24, 2.45) is 17.3 Å². The Morgan fingerprint density at radius 1 is 1.09 bits per heavy atom. The number of hydrogen-bond donors (Lipinski definition) is 3. The predicted octanol–water partition coefficient (Wildman–Crippen LogP) is 3.80. The number of rotatable bonds is 7. The number of nitrogens with zero attached hydrogens (tertiary/aromatic N) is 1. The molecule has 34 heavy (non-hydrogen) atoms. The van der Waals surface area contributed by atoms with E-state index in [-0.39, 0.29) is 36.5 Å². The molecule has 0 radical (unpaired) electrons. The number of carbonyl (C=O) groups is 3. The van der Waals surface area contributed by atoms with Gasteiger partial charge in [0.05, 0.1) is 40.2 Å². The number of amides is 2. The first-order chi connectivity index (χ1) is 15.9. The van der Waals surface area contributed by atoms with E-state index in [1.54, 1.807) is 11.3 Å². The Bertz CT molecular complexity index is 1040. The molecule has 1 aromatic carbocycles. The van der Waals surface area contributed by atoms with Crippen molar-refractivity contribution in [3.63, 3.8) is 0 Å². The molecule has 2 amide bonds. The van der Waals surface area contributed by atoms with E-state index < -0.39 is 29.4 Å². The van der Waals surface area contributed by atoms with Crippen LogP contribution in [0.3, 0.4) is 0 Å². The van der Waals surface area contributed by atoms with Crippen molar-refractivity contribution in [1.82, 2.24) is 15.6 Å². The Morgan fingerprint density at radius 3 is 2.24 bits per heavy atom. The van der Waals surface area contributed by atoms with Crippen LogP contribution in [0, 0.1) is 24.2 Å². The molecule has 1 saturated carbocycles. The van der Waals surface area contributed by atoms with Crippen LogP contribution in [0.5, 0.6) is 0 Å². The monoisotopic (exact) mass is 485 g/mol. The van der Waals surface area contributed by atoms with Crippen molar-refractivity contribution < 1.29 is 19.5 Å². The Labute approximate surface area is 205 Å². The van der Waals surface area contributed by atoms with Crippen molar-refractivity contribution in [1.29, 1.82) is 0 Å². The molecule has 3 N–H and O–H groups in total. The lowest BCUT2D eigenvalue weighted by Gasteiger charge is -2.33. The van der Waals surface area contributed by atoms with Crippen LogP contribution < -0.4 is 10.6 Å². The fourth-order valence-corrected chi connectivity index (χ4v) is 5.46. The molecule has 184 valence electrons. The van der Waals surface area contributed by atoms with Gasteiger partial charge in [-0.15, -0.1) is 11.3 Å². The number of aryl methyl sites for hydroxylation is 1. The minimum Gasteiger partial charge on any atom is -0.393 e. The Kier molecular flexibility index (Phi) is 7.93. The molecule has 2 unspecified atom stereocenters. The fraction of sp³-hybridized carbons (Fsp3) is 0.538. The average molecular weight is 486 g/mol. The van der Waals surface area contributed by atoms with Crippen molar-refractivity contribution in [3.8, 4) is 10.4 Å². The summed E-state index contributed by atoms with van der Waals surface area (Å²) in [6, 6.07) is 7.02. The number of nitrogens with one attached hydrogen (secondary N) is 2. The number of carbonyl (C=O) groups excluding carboxylic acids is 3. The average Bonchev–Trinajstić information content (AvgIpc) is 3.36. The number of Topliss-reactive ketones (excluding diaryl/α,β-unsaturated/α-hetero) is 1. The highest BCUT2D eigenvalue weighted by Gasteiger charge is 2.46. The van der Waals surface area contributed by atoms with Gasteiger partial charge in [-0.05, 0) is 43.2 Å². The third kappa shape index (κ3) is 5.91. The van der Waals surface area contributed by atoms with Gasteiger partial charge in [-0.1, -0.05) is 45.0 Å². The molecule has 2 aromatic rings. The van der Waals surface area contributed by atoms with E-state index in [4.69, 9.17) is 0 Å². The van der Waals surface area contributed by atoms with Gasteiger partial charge >= 0.3 is 0 Å². The number of hydrogen-bond acceptors (Lipinski definition) is 6. The molecule has 1 heterocycles. The van der Waals surface area contributed by atoms with E-state index in [0.29, 0.717) is 0 Å². The van der Waals surface area contributed by atoms with Crippen LogP contribution in [0.1, 0.15) is 64.8 Å². The van der Waals surface area contributed by atoms with E-state index in [1.165, 1.54) is 6.92 Å². The summed E-state index contributed by atoms with van der Waals surface area (Å²) in [6.45, 7) is 10.9. The van der Waals surface area contributed by atoms with E-state index in [0.717, 1.165) is 21.7 Å². The SMILES string of the molecule is CC(=O)N[C@H](C(=O)C1C[C@H](O)CC1C(=O)N[C@@H](C)c1ccc(-c2scnc2C)cc1)C(C)(C)C. The highest BCUT2D eigenvalue weighted by Crippen LogP contribution is 2.37. The lowest BCUT2D eigenvalue weighted by atomic mass is 9.77. The maximum atomic E-state index is 13.4. The molecule has 1 aromatic heterocycles. The van der Waals surface area contributed by atoms with E-state index in [2.05, 4.69) is 15.6 Å². The molecule has 1 aliphatic rings. The number of aromatic nitrogens is 1. The summed E-state index contributed by atoms with van der Waals surface area (Å²) < 4.78 is 0. The zero-order valence-electron chi connectivity index (χ0n) is 20.7. The van der Waals surface area contributed by atoms with Crippen LogP contribution in [0.4, 0.5) is 0 Å². The van der Waals surface area contributed by atoms with Crippen molar-refractivity contribution in [3.05, 3.63) is 41.0 Å². The summed E-state index contributed by atoms with van der Waals surface area (Å²) in [6.07, 6.45) is -0.268. The van der Waals surface area contributed by atoms with Crippen LogP contribution in [0.15, 0.2) is 29.8 Å². The summed E-state index contributed by atoms with van der Waals surface area (Å²) in [5, 5.41) is 16.1. The van der Waals surface area contributed by atoms with Gasteiger partial charge in [0, 0.05) is 12.8 Å². The number of thiazole rings is 1. The standard InChI is InChI=1S/C26H35N3O4S/c1-14(17-7-9-18(10-8-17)23-15(2)27-13-34-23)28-25(33)21-12-19(31)11-20(21)22(32)24(26(4,5)6)29-16(3)30/h7-10,13-14,19-21,24,31H,11-12H2,1-6H3,(H,28,33)(H,29,30)/t14-,19-,20?,21?,24+/m0/s1. The number of aliphatic hydroxyl groups is 1. The smallest absolute Gasteiger partial charge is 0.224 e. The molecule has 0 spiro atoms. The molecule has 1 fully saturated rings. The quantitative estimate of drug-likeness (QED) is 0.553. The highest BCUT2D eigenvalue weighted by atomic mass is 32.1. The van der Waals surface area contributed by atoms with Gasteiger partial charge in [0.1, 0.15) is 0 Å². The van der Waals surface area contributed by atoms with Crippen LogP contribution >= 0.6 is 11.3 Å². The number of ketones is 1. The number of benzene rings is 1. The Hall–Kier alpha value is -2.58. The normalized spacial score (nSPS) is 22.1. The van der Waals surface area contributed by atoms with Crippen molar-refractivity contribution >= 4 is 28.9 Å². The van der Waals surface area contributed by atoms with Gasteiger partial charge in [0.25, 0.3) is 0 Å². The summed E-state index contributed by atoms with van der Waals surface area (Å²) in [5.74, 6) is -2.02. The minimum absolute atomic E-state index is 0.198. The minimum atomic E-state index is -0.726. The predicted molar refractivity (Wildman–Crippen MR) is 133 cm³/mol. The zero-order valence-corrected chi connectivity index (χ0v) is 21.5. The van der Waals surface area contributed by atoms with Crippen LogP contribution in [0.25, 0.3) is 10.4 Å². The van der Waals surface area contributed by atoms with Gasteiger partial charge in [0.2, 0.25) is 11.8 Å². The second-order valence-corrected chi connectivity index (χ2v) is 11.2.